The Morgan fingerprint density at radius 3 is 2.95 bits per heavy atom. The summed E-state index contributed by atoms with van der Waals surface area (Å²) in [5.74, 6) is 0. The molecule has 0 aliphatic carbocycles. The molecular formula is C11H13N5O3S. The average Bonchev–Trinajstić information content (AvgIpc) is 3.03. The van der Waals surface area contributed by atoms with Crippen molar-refractivity contribution in [1.82, 2.24) is 24.5 Å². The zero-order valence-electron chi connectivity index (χ0n) is 10.5. The molecule has 1 aliphatic heterocycles. The fraction of sp³-hybridized carbons (Fsp3) is 0.364. The molecule has 20 heavy (non-hydrogen) atoms. The van der Waals surface area contributed by atoms with Gasteiger partial charge in [0.1, 0.15) is 11.0 Å². The lowest BCUT2D eigenvalue weighted by atomic mass is 10.2. The molecule has 3 rings (SSSR count). The molecule has 0 spiro atoms. The highest BCUT2D eigenvalue weighted by Crippen LogP contribution is 2.24. The fourth-order valence-electron chi connectivity index (χ4n) is 2.03. The van der Waals surface area contributed by atoms with E-state index < -0.39 is 16.1 Å². The van der Waals surface area contributed by atoms with Gasteiger partial charge in [0.25, 0.3) is 0 Å². The maximum Gasteiger partial charge on any atom is 0.246 e. The largest absolute Gasteiger partial charge is 0.369 e. The Balaban J connectivity index is 1.83. The summed E-state index contributed by atoms with van der Waals surface area (Å²) in [4.78, 5) is 8.28. The van der Waals surface area contributed by atoms with Crippen LogP contribution < -0.4 is 0 Å². The van der Waals surface area contributed by atoms with Crippen LogP contribution in [-0.4, -0.2) is 52.6 Å². The van der Waals surface area contributed by atoms with Crippen molar-refractivity contribution in [3.8, 4) is 0 Å². The van der Waals surface area contributed by atoms with E-state index in [0.29, 0.717) is 18.8 Å². The second-order valence-corrected chi connectivity index (χ2v) is 6.22. The molecule has 106 valence electrons. The fourth-order valence-corrected chi connectivity index (χ4v) is 3.36. The van der Waals surface area contributed by atoms with Gasteiger partial charge in [-0.2, -0.15) is 9.40 Å². The van der Waals surface area contributed by atoms with Gasteiger partial charge in [0, 0.05) is 31.7 Å². The van der Waals surface area contributed by atoms with E-state index in [1.54, 1.807) is 18.6 Å². The van der Waals surface area contributed by atoms with Gasteiger partial charge in [0.15, 0.2) is 0 Å². The first kappa shape index (κ1) is 13.2. The molecule has 2 aromatic heterocycles. The van der Waals surface area contributed by atoms with E-state index in [1.807, 2.05) is 0 Å². The minimum atomic E-state index is -3.55. The molecule has 1 fully saturated rings. The summed E-state index contributed by atoms with van der Waals surface area (Å²) in [7, 11) is -3.55. The molecule has 9 heteroatoms. The van der Waals surface area contributed by atoms with Gasteiger partial charge < -0.3 is 4.74 Å². The molecule has 1 N–H and O–H groups in total. The first-order valence-electron chi connectivity index (χ1n) is 6.04. The van der Waals surface area contributed by atoms with E-state index in [1.165, 1.54) is 16.7 Å². The van der Waals surface area contributed by atoms with Gasteiger partial charge in [0.2, 0.25) is 10.0 Å². The van der Waals surface area contributed by atoms with Crippen LogP contribution in [0.5, 0.6) is 0 Å². The maximum atomic E-state index is 12.4. The van der Waals surface area contributed by atoms with Crippen molar-refractivity contribution >= 4 is 10.0 Å². The van der Waals surface area contributed by atoms with E-state index in [9.17, 15) is 8.42 Å². The first-order valence-corrected chi connectivity index (χ1v) is 7.48. The number of ether oxygens (including phenoxy) is 1. The summed E-state index contributed by atoms with van der Waals surface area (Å²) in [6.45, 7) is 0.842. The lowest BCUT2D eigenvalue weighted by molar-refractivity contribution is -0.00514. The predicted octanol–water partition coefficient (Wildman–Crippen LogP) is -0.0381. The zero-order chi connectivity index (χ0) is 14.0. The van der Waals surface area contributed by atoms with Crippen LogP contribution in [0.25, 0.3) is 0 Å². The van der Waals surface area contributed by atoms with Crippen LogP contribution in [0.4, 0.5) is 0 Å². The van der Waals surface area contributed by atoms with Crippen molar-refractivity contribution in [2.24, 2.45) is 0 Å². The van der Waals surface area contributed by atoms with Crippen molar-refractivity contribution in [2.45, 2.75) is 11.0 Å². The second-order valence-electron chi connectivity index (χ2n) is 4.29. The highest BCUT2D eigenvalue weighted by molar-refractivity contribution is 7.89. The van der Waals surface area contributed by atoms with E-state index in [-0.39, 0.29) is 11.4 Å². The lowest BCUT2D eigenvalue weighted by Crippen LogP contribution is -2.42. The molecule has 0 amide bonds. The van der Waals surface area contributed by atoms with Crippen LogP contribution in [0.1, 0.15) is 11.8 Å². The van der Waals surface area contributed by atoms with Gasteiger partial charge in [0.05, 0.1) is 24.7 Å². The molecule has 8 nitrogen and oxygen atoms in total. The third-order valence-electron chi connectivity index (χ3n) is 3.05. The molecule has 0 radical (unpaired) electrons. The van der Waals surface area contributed by atoms with Crippen molar-refractivity contribution in [2.75, 3.05) is 19.7 Å². The molecular weight excluding hydrogens is 282 g/mol. The molecule has 3 heterocycles. The Morgan fingerprint density at radius 1 is 1.35 bits per heavy atom. The van der Waals surface area contributed by atoms with Crippen LogP contribution in [0.3, 0.4) is 0 Å². The maximum absolute atomic E-state index is 12.4. The highest BCUT2D eigenvalue weighted by Gasteiger charge is 2.32. The number of aromatic amines is 1. The molecule has 1 atom stereocenters. The van der Waals surface area contributed by atoms with E-state index in [0.717, 1.165) is 0 Å². The second kappa shape index (κ2) is 5.27. The normalized spacial score (nSPS) is 20.9. The smallest absolute Gasteiger partial charge is 0.246 e. The predicted molar refractivity (Wildman–Crippen MR) is 68.1 cm³/mol. The number of morpholine rings is 1. The Morgan fingerprint density at radius 2 is 2.25 bits per heavy atom. The molecule has 0 saturated carbocycles. The van der Waals surface area contributed by atoms with E-state index in [2.05, 4.69) is 20.2 Å². The Hall–Kier alpha value is -1.84. The lowest BCUT2D eigenvalue weighted by Gasteiger charge is -2.31. The number of aromatic nitrogens is 4. The Bertz CT molecular complexity index is 659. The summed E-state index contributed by atoms with van der Waals surface area (Å²) >= 11 is 0. The summed E-state index contributed by atoms with van der Waals surface area (Å²) in [6, 6.07) is 0. The molecule has 1 aliphatic rings. The third-order valence-corrected chi connectivity index (χ3v) is 4.88. The van der Waals surface area contributed by atoms with Gasteiger partial charge in [-0.3, -0.25) is 15.1 Å². The Labute approximate surface area is 115 Å². The van der Waals surface area contributed by atoms with Crippen molar-refractivity contribution in [1.29, 1.82) is 0 Å². The van der Waals surface area contributed by atoms with Crippen molar-refractivity contribution in [3.05, 3.63) is 36.7 Å². The minimum Gasteiger partial charge on any atom is -0.369 e. The number of hydrogen-bond donors (Lipinski definition) is 1. The van der Waals surface area contributed by atoms with Crippen LogP contribution in [-0.2, 0) is 14.8 Å². The number of hydrogen-bond acceptors (Lipinski definition) is 6. The minimum absolute atomic E-state index is 0.150. The quantitative estimate of drug-likeness (QED) is 0.852. The summed E-state index contributed by atoms with van der Waals surface area (Å²) in [5.41, 5.74) is 0.625. The first-order chi connectivity index (χ1) is 9.68. The van der Waals surface area contributed by atoms with Crippen molar-refractivity contribution in [3.63, 3.8) is 0 Å². The van der Waals surface area contributed by atoms with Crippen LogP contribution in [0.15, 0.2) is 35.9 Å². The average molecular weight is 295 g/mol. The van der Waals surface area contributed by atoms with Crippen LogP contribution in [0, 0.1) is 0 Å². The number of sulfonamides is 1. The molecule has 1 saturated heterocycles. The highest BCUT2D eigenvalue weighted by atomic mass is 32.2. The molecule has 0 bridgehead atoms. The standard InChI is InChI=1S/C11H13N5O3S/c17-20(18,9-5-14-15-6-9)16-3-4-19-11(8-16)10-7-12-1-2-13-10/h1-2,5-7,11H,3-4,8H2,(H,14,15). The topological polar surface area (TPSA) is 101 Å². The molecule has 1 unspecified atom stereocenters. The number of H-pyrrole nitrogens is 1. The van der Waals surface area contributed by atoms with Gasteiger partial charge >= 0.3 is 0 Å². The summed E-state index contributed by atoms with van der Waals surface area (Å²) in [5, 5.41) is 6.18. The van der Waals surface area contributed by atoms with Crippen LogP contribution >= 0.6 is 0 Å². The molecule has 2 aromatic rings. The molecule has 0 aromatic carbocycles. The number of rotatable bonds is 3. The summed E-state index contributed by atoms with van der Waals surface area (Å²) in [6.07, 6.45) is 6.95. The van der Waals surface area contributed by atoms with Gasteiger partial charge in [-0.25, -0.2) is 8.42 Å². The SMILES string of the molecule is O=S(=O)(c1cn[nH]c1)N1CCOC(c2cnccn2)C1. The third kappa shape index (κ3) is 2.42. The van der Waals surface area contributed by atoms with Crippen LogP contribution in [0.2, 0.25) is 0 Å². The number of nitrogens with one attached hydrogen (secondary N) is 1. The Kier molecular flexibility index (Phi) is 3.47. The number of nitrogens with zero attached hydrogens (tertiary/aromatic N) is 4. The summed E-state index contributed by atoms with van der Waals surface area (Å²) < 4.78 is 31.7. The monoisotopic (exact) mass is 295 g/mol. The van der Waals surface area contributed by atoms with E-state index in [4.69, 9.17) is 4.74 Å². The van der Waals surface area contributed by atoms with Crippen molar-refractivity contribution < 1.29 is 13.2 Å². The van der Waals surface area contributed by atoms with Gasteiger partial charge in [-0.1, -0.05) is 0 Å². The van der Waals surface area contributed by atoms with Gasteiger partial charge in [-0.15, -0.1) is 0 Å². The van der Waals surface area contributed by atoms with E-state index >= 15 is 0 Å². The zero-order valence-corrected chi connectivity index (χ0v) is 11.3. The van der Waals surface area contributed by atoms with Gasteiger partial charge in [-0.05, 0) is 0 Å².